The molecule has 0 unspecified atom stereocenters. The van der Waals surface area contributed by atoms with Gasteiger partial charge in [-0.1, -0.05) is 51.1 Å². The van der Waals surface area contributed by atoms with Crippen molar-refractivity contribution in [2.45, 2.75) is 46.1 Å². The van der Waals surface area contributed by atoms with Crippen LogP contribution in [-0.2, 0) is 21.2 Å². The molecule has 0 radical (unpaired) electrons. The fourth-order valence-electron chi connectivity index (χ4n) is 2.14. The Morgan fingerprint density at radius 3 is 2.28 bits per heavy atom. The molecule has 0 amide bonds. The number of Topliss-reactive ketones (excluding diaryl/α,β-unsaturated/α-hetero) is 1. The van der Waals surface area contributed by atoms with Gasteiger partial charge < -0.3 is 5.32 Å². The lowest BCUT2D eigenvalue weighted by Crippen LogP contribution is -2.29. The first-order valence-electron chi connectivity index (χ1n) is 9.23. The lowest BCUT2D eigenvalue weighted by Gasteiger charge is -2.11. The minimum absolute atomic E-state index is 0.0439. The number of nitrogens with zero attached hydrogens (tertiary/aromatic N) is 2. The topological polar surface area (TPSA) is 88.0 Å². The van der Waals surface area contributed by atoms with Gasteiger partial charge in [0, 0.05) is 12.8 Å². The number of carbonyl (C=O) groups excluding carboxylic acids is 1. The highest BCUT2D eigenvalue weighted by Crippen LogP contribution is 2.14. The third-order valence-electron chi connectivity index (χ3n) is 4.01. The molecule has 0 aliphatic rings. The van der Waals surface area contributed by atoms with E-state index in [2.05, 4.69) is 21.9 Å². The SMILES string of the molecule is C=C/C(NC(=NCc1ccc(S(=O)(=O)CC)cc1)C(C)=O)=C(/C)N=C(Cl)C(C)C. The molecule has 0 aliphatic carbocycles. The van der Waals surface area contributed by atoms with E-state index in [0.717, 1.165) is 5.56 Å². The zero-order chi connectivity index (χ0) is 22.2. The molecule has 29 heavy (non-hydrogen) atoms. The van der Waals surface area contributed by atoms with Gasteiger partial charge in [-0.15, -0.1) is 0 Å². The molecule has 6 nitrogen and oxygen atoms in total. The Hall–Kier alpha value is -2.25. The standard InChI is InChI=1S/C21H28ClN3O3S/c1-7-19(15(5)24-20(22)14(3)4)25-21(16(6)26)23-13-17-9-11-18(12-10-17)29(27,28)8-2/h7,9-12,14H,1,8,13H2,2-6H3,(H,23,25)/b19-15+,24-20?. The molecule has 1 N–H and O–H groups in total. The molecule has 0 spiro atoms. The highest BCUT2D eigenvalue weighted by atomic mass is 35.5. The monoisotopic (exact) mass is 437 g/mol. The quantitative estimate of drug-likeness (QED) is 0.355. The first-order valence-corrected chi connectivity index (χ1v) is 11.3. The third-order valence-corrected chi connectivity index (χ3v) is 6.29. The van der Waals surface area contributed by atoms with Crippen LogP contribution < -0.4 is 5.32 Å². The number of benzene rings is 1. The van der Waals surface area contributed by atoms with Crippen molar-refractivity contribution in [1.82, 2.24) is 5.32 Å². The molecule has 158 valence electrons. The van der Waals surface area contributed by atoms with Crippen molar-refractivity contribution in [3.8, 4) is 0 Å². The molecule has 1 aromatic carbocycles. The predicted octanol–water partition coefficient (Wildman–Crippen LogP) is 4.27. The van der Waals surface area contributed by atoms with E-state index < -0.39 is 9.84 Å². The van der Waals surface area contributed by atoms with E-state index in [1.165, 1.54) is 6.92 Å². The summed E-state index contributed by atoms with van der Waals surface area (Å²) in [6.07, 6.45) is 1.55. The van der Waals surface area contributed by atoms with E-state index in [1.807, 2.05) is 13.8 Å². The molecule has 0 aliphatic heterocycles. The number of rotatable bonds is 9. The summed E-state index contributed by atoms with van der Waals surface area (Å²) in [6, 6.07) is 6.47. The smallest absolute Gasteiger partial charge is 0.194 e. The van der Waals surface area contributed by atoms with Gasteiger partial charge in [-0.25, -0.2) is 13.4 Å². The number of ketones is 1. The molecule has 0 fully saturated rings. The molecular weight excluding hydrogens is 410 g/mol. The Kier molecular flexibility index (Phi) is 9.46. The zero-order valence-corrected chi connectivity index (χ0v) is 19.1. The maximum atomic E-state index is 12.0. The number of sulfone groups is 1. The van der Waals surface area contributed by atoms with Crippen molar-refractivity contribution in [1.29, 1.82) is 0 Å². The summed E-state index contributed by atoms with van der Waals surface area (Å²) in [4.78, 5) is 20.9. The number of hydrogen-bond acceptors (Lipinski definition) is 5. The van der Waals surface area contributed by atoms with E-state index in [1.54, 1.807) is 44.2 Å². The Morgan fingerprint density at radius 2 is 1.83 bits per heavy atom. The molecule has 0 heterocycles. The first kappa shape index (κ1) is 24.8. The molecule has 0 atom stereocenters. The van der Waals surface area contributed by atoms with E-state index in [-0.39, 0.29) is 34.7 Å². The molecule has 1 rings (SSSR count). The summed E-state index contributed by atoms with van der Waals surface area (Å²) in [5.41, 5.74) is 1.89. The number of amidine groups is 1. The van der Waals surface area contributed by atoms with Gasteiger partial charge >= 0.3 is 0 Å². The molecule has 0 bridgehead atoms. The van der Waals surface area contributed by atoms with Gasteiger partial charge in [-0.05, 0) is 30.7 Å². The van der Waals surface area contributed by atoms with E-state index in [9.17, 15) is 13.2 Å². The van der Waals surface area contributed by atoms with E-state index in [0.29, 0.717) is 16.6 Å². The van der Waals surface area contributed by atoms with Crippen LogP contribution in [0.4, 0.5) is 0 Å². The summed E-state index contributed by atoms with van der Waals surface area (Å²) in [6.45, 7) is 12.6. The van der Waals surface area contributed by atoms with Crippen molar-refractivity contribution in [2.75, 3.05) is 5.75 Å². The maximum Gasteiger partial charge on any atom is 0.194 e. The number of aliphatic imine (C=N–C) groups is 2. The van der Waals surface area contributed by atoms with Crippen LogP contribution in [0.5, 0.6) is 0 Å². The minimum atomic E-state index is -3.25. The van der Waals surface area contributed by atoms with Crippen molar-refractivity contribution >= 4 is 38.2 Å². The number of nitrogens with one attached hydrogen (secondary N) is 1. The van der Waals surface area contributed by atoms with Crippen LogP contribution in [-0.4, -0.2) is 31.0 Å². The summed E-state index contributed by atoms with van der Waals surface area (Å²) in [7, 11) is -3.25. The minimum Gasteiger partial charge on any atom is -0.336 e. The Balaban J connectivity index is 3.08. The van der Waals surface area contributed by atoms with Gasteiger partial charge in [-0.3, -0.25) is 9.79 Å². The second-order valence-corrected chi connectivity index (χ2v) is 9.35. The van der Waals surface area contributed by atoms with Gasteiger partial charge in [0.05, 0.1) is 28.6 Å². The summed E-state index contributed by atoms with van der Waals surface area (Å²) in [5.74, 6) is 0.0298. The van der Waals surface area contributed by atoms with Crippen molar-refractivity contribution < 1.29 is 13.2 Å². The van der Waals surface area contributed by atoms with Crippen LogP contribution in [0, 0.1) is 5.92 Å². The fraction of sp³-hybridized carbons (Fsp3) is 0.381. The van der Waals surface area contributed by atoms with Crippen molar-refractivity contribution in [3.05, 3.63) is 53.9 Å². The Bertz CT molecular complexity index is 944. The predicted molar refractivity (Wildman–Crippen MR) is 120 cm³/mol. The molecule has 0 saturated heterocycles. The van der Waals surface area contributed by atoms with Gasteiger partial charge in [-0.2, -0.15) is 0 Å². The Morgan fingerprint density at radius 1 is 1.24 bits per heavy atom. The fourth-order valence-corrected chi connectivity index (χ4v) is 3.16. The van der Waals surface area contributed by atoms with Crippen LogP contribution in [0.25, 0.3) is 0 Å². The molecule has 1 aromatic rings. The van der Waals surface area contributed by atoms with Crippen LogP contribution in [0.15, 0.2) is 63.2 Å². The number of hydrogen-bond donors (Lipinski definition) is 1. The average Bonchev–Trinajstić information content (AvgIpc) is 2.67. The summed E-state index contributed by atoms with van der Waals surface area (Å²) < 4.78 is 23.8. The highest BCUT2D eigenvalue weighted by molar-refractivity contribution is 7.91. The van der Waals surface area contributed by atoms with Gasteiger partial charge in [0.1, 0.15) is 5.17 Å². The molecule has 0 saturated carbocycles. The van der Waals surface area contributed by atoms with E-state index >= 15 is 0 Å². The van der Waals surface area contributed by atoms with Gasteiger partial charge in [0.15, 0.2) is 21.5 Å². The largest absolute Gasteiger partial charge is 0.336 e. The van der Waals surface area contributed by atoms with Crippen molar-refractivity contribution in [3.63, 3.8) is 0 Å². The van der Waals surface area contributed by atoms with Crippen LogP contribution >= 0.6 is 11.6 Å². The van der Waals surface area contributed by atoms with Crippen LogP contribution in [0.3, 0.4) is 0 Å². The van der Waals surface area contributed by atoms with Gasteiger partial charge in [0.25, 0.3) is 0 Å². The first-order chi connectivity index (χ1) is 13.5. The number of allylic oxidation sites excluding steroid dienone is 2. The second-order valence-electron chi connectivity index (χ2n) is 6.69. The van der Waals surface area contributed by atoms with Crippen LogP contribution in [0.1, 0.15) is 40.2 Å². The number of halogens is 1. The molecule has 0 aromatic heterocycles. The normalized spacial score (nSPS) is 13.9. The van der Waals surface area contributed by atoms with E-state index in [4.69, 9.17) is 11.6 Å². The lowest BCUT2D eigenvalue weighted by atomic mass is 10.2. The van der Waals surface area contributed by atoms with Gasteiger partial charge in [0.2, 0.25) is 0 Å². The zero-order valence-electron chi connectivity index (χ0n) is 17.5. The summed E-state index contributed by atoms with van der Waals surface area (Å²) >= 11 is 6.12. The number of carbonyl (C=O) groups is 1. The highest BCUT2D eigenvalue weighted by Gasteiger charge is 2.12. The average molecular weight is 438 g/mol. The second kappa shape index (κ2) is 11.1. The lowest BCUT2D eigenvalue weighted by molar-refractivity contribution is -0.111. The molecule has 8 heteroatoms. The maximum absolute atomic E-state index is 12.0. The third kappa shape index (κ3) is 7.59. The summed E-state index contributed by atoms with van der Waals surface area (Å²) in [5, 5.41) is 3.41. The molecular formula is C21H28ClN3O3S. The Labute approximate surface area is 178 Å². The van der Waals surface area contributed by atoms with Crippen molar-refractivity contribution in [2.24, 2.45) is 15.9 Å². The van der Waals surface area contributed by atoms with Crippen LogP contribution in [0.2, 0.25) is 0 Å².